The first-order valence-corrected chi connectivity index (χ1v) is 10.8. The van der Waals surface area contributed by atoms with Crippen molar-refractivity contribution in [3.63, 3.8) is 0 Å². The van der Waals surface area contributed by atoms with Gasteiger partial charge < -0.3 is 18.9 Å². The smallest absolute Gasteiger partial charge is 0.251 e. The van der Waals surface area contributed by atoms with E-state index in [0.29, 0.717) is 32.9 Å². The third-order valence-electron chi connectivity index (χ3n) is 5.61. The van der Waals surface area contributed by atoms with Gasteiger partial charge in [0.05, 0.1) is 19.8 Å². The van der Waals surface area contributed by atoms with Gasteiger partial charge in [-0.25, -0.2) is 4.98 Å². The van der Waals surface area contributed by atoms with Gasteiger partial charge >= 0.3 is 0 Å². The van der Waals surface area contributed by atoms with Crippen LogP contribution in [0.5, 0.6) is 0 Å². The van der Waals surface area contributed by atoms with Crippen LogP contribution < -0.4 is 0 Å². The monoisotopic (exact) mass is 419 g/mol. The van der Waals surface area contributed by atoms with Gasteiger partial charge in [-0.15, -0.1) is 0 Å². The Labute approximate surface area is 183 Å². The molecule has 0 unspecified atom stereocenters. The Bertz CT molecular complexity index is 1050. The van der Waals surface area contributed by atoms with Gasteiger partial charge in [-0.1, -0.05) is 36.4 Å². The fraction of sp³-hybridized carbons (Fsp3) is 0.360. The molecule has 1 aliphatic heterocycles. The molecule has 2 aromatic heterocycles. The number of aryl methyl sites for hydroxylation is 1. The first-order chi connectivity index (χ1) is 15.1. The molecule has 1 atom stereocenters. The molecule has 4 rings (SSSR count). The summed E-state index contributed by atoms with van der Waals surface area (Å²) in [6, 6.07) is 14.7. The molecule has 1 saturated heterocycles. The van der Waals surface area contributed by atoms with Crippen LogP contribution in [0, 0.1) is 6.92 Å². The summed E-state index contributed by atoms with van der Waals surface area (Å²) in [4.78, 5) is 18.7. The highest BCUT2D eigenvalue weighted by atomic mass is 16.5. The molecule has 0 radical (unpaired) electrons. The molecule has 6 nitrogen and oxygen atoms in total. The topological polar surface area (TPSA) is 56.6 Å². The van der Waals surface area contributed by atoms with Crippen LogP contribution in [0.25, 0.3) is 17.1 Å². The van der Waals surface area contributed by atoms with Gasteiger partial charge in [0.2, 0.25) is 0 Å². The van der Waals surface area contributed by atoms with Gasteiger partial charge in [-0.2, -0.15) is 0 Å². The Balaban J connectivity index is 1.29. The normalized spacial score (nSPS) is 15.6. The van der Waals surface area contributed by atoms with Crippen LogP contribution in [-0.2, 0) is 20.8 Å². The molecule has 31 heavy (non-hydrogen) atoms. The summed E-state index contributed by atoms with van der Waals surface area (Å²) in [7, 11) is 0. The summed E-state index contributed by atoms with van der Waals surface area (Å²) < 4.78 is 13.2. The third-order valence-corrected chi connectivity index (χ3v) is 5.61. The Morgan fingerprint density at radius 2 is 2.00 bits per heavy atom. The van der Waals surface area contributed by atoms with Crippen molar-refractivity contribution in [1.82, 2.24) is 14.5 Å². The third kappa shape index (κ3) is 5.21. The number of ether oxygens (including phenoxy) is 2. The molecule has 0 N–H and O–H groups in total. The van der Waals surface area contributed by atoms with E-state index >= 15 is 0 Å². The number of amides is 1. The average Bonchev–Trinajstić information content (AvgIpc) is 3.12. The molecule has 1 aliphatic rings. The number of hydrogen-bond donors (Lipinski definition) is 0. The van der Waals surface area contributed by atoms with Crippen LogP contribution in [0.15, 0.2) is 54.7 Å². The number of morpholine rings is 1. The van der Waals surface area contributed by atoms with Gasteiger partial charge in [0.1, 0.15) is 11.8 Å². The molecule has 162 valence electrons. The number of carbonyl (C=O) groups is 1. The predicted molar refractivity (Wildman–Crippen MR) is 122 cm³/mol. The zero-order chi connectivity index (χ0) is 21.6. The summed E-state index contributed by atoms with van der Waals surface area (Å²) >= 11 is 0. The first-order valence-electron chi connectivity index (χ1n) is 10.8. The Morgan fingerprint density at radius 3 is 2.77 bits per heavy atom. The van der Waals surface area contributed by atoms with Crippen LogP contribution in [0.3, 0.4) is 0 Å². The summed E-state index contributed by atoms with van der Waals surface area (Å²) in [5.74, 6) is 0.0309. The van der Waals surface area contributed by atoms with E-state index in [0.717, 1.165) is 17.8 Å². The van der Waals surface area contributed by atoms with Crippen LogP contribution in [0.2, 0.25) is 0 Å². The standard InChI is InChI=1S/C25H29N3O3/c1-19-17-23-6-3-11-26-24(23)28(19)18-22-9-7-21(8-10-22)5-4-14-31-20(2)25(29)27-12-15-30-16-13-27/h3-11,17,20H,12-16,18H2,1-2H3/b5-4+/t20-/m1/s1. The van der Waals surface area contributed by atoms with E-state index in [1.165, 1.54) is 16.6 Å². The van der Waals surface area contributed by atoms with Gasteiger partial charge in [0.15, 0.2) is 0 Å². The second-order valence-corrected chi connectivity index (χ2v) is 7.85. The first kappa shape index (κ1) is 21.3. The average molecular weight is 420 g/mol. The lowest BCUT2D eigenvalue weighted by Gasteiger charge is -2.29. The van der Waals surface area contributed by atoms with Crippen LogP contribution in [0.4, 0.5) is 0 Å². The van der Waals surface area contributed by atoms with Crippen molar-refractivity contribution in [2.24, 2.45) is 0 Å². The molecular weight excluding hydrogens is 390 g/mol. The number of benzene rings is 1. The summed E-state index contributed by atoms with van der Waals surface area (Å²) in [5, 5.41) is 1.17. The minimum Gasteiger partial charge on any atom is -0.378 e. The highest BCUT2D eigenvalue weighted by Crippen LogP contribution is 2.19. The van der Waals surface area contributed by atoms with Crippen LogP contribution in [0.1, 0.15) is 23.7 Å². The minimum atomic E-state index is -0.446. The quantitative estimate of drug-likeness (QED) is 0.586. The van der Waals surface area contributed by atoms with E-state index < -0.39 is 6.10 Å². The number of nitrogens with zero attached hydrogens (tertiary/aromatic N) is 3. The fourth-order valence-electron chi connectivity index (χ4n) is 3.83. The fourth-order valence-corrected chi connectivity index (χ4v) is 3.83. The molecule has 0 aliphatic carbocycles. The number of fused-ring (bicyclic) bond motifs is 1. The number of hydrogen-bond acceptors (Lipinski definition) is 4. The van der Waals surface area contributed by atoms with Crippen molar-refractivity contribution in [3.05, 3.63) is 71.6 Å². The maximum atomic E-state index is 12.4. The van der Waals surface area contributed by atoms with Gasteiger partial charge in [0.25, 0.3) is 5.91 Å². The van der Waals surface area contributed by atoms with Crippen molar-refractivity contribution in [3.8, 4) is 0 Å². The van der Waals surface area contributed by atoms with Crippen molar-refractivity contribution >= 4 is 23.0 Å². The lowest BCUT2D eigenvalue weighted by Crippen LogP contribution is -2.45. The molecule has 0 spiro atoms. The molecule has 3 heterocycles. The lowest BCUT2D eigenvalue weighted by molar-refractivity contribution is -0.145. The maximum absolute atomic E-state index is 12.4. The van der Waals surface area contributed by atoms with E-state index in [1.54, 1.807) is 0 Å². The summed E-state index contributed by atoms with van der Waals surface area (Å²) in [6.07, 6.45) is 5.36. The highest BCUT2D eigenvalue weighted by Gasteiger charge is 2.22. The number of aromatic nitrogens is 2. The van der Waals surface area contributed by atoms with Crippen LogP contribution in [-0.4, -0.2) is 59.4 Å². The molecule has 1 amide bonds. The maximum Gasteiger partial charge on any atom is 0.251 e. The van der Waals surface area contributed by atoms with Gasteiger partial charge in [-0.05, 0) is 43.2 Å². The minimum absolute atomic E-state index is 0.0309. The molecule has 0 saturated carbocycles. The van der Waals surface area contributed by atoms with Crippen molar-refractivity contribution in [2.45, 2.75) is 26.5 Å². The van der Waals surface area contributed by atoms with Crippen molar-refractivity contribution in [1.29, 1.82) is 0 Å². The second-order valence-electron chi connectivity index (χ2n) is 7.85. The van der Waals surface area contributed by atoms with Gasteiger partial charge in [-0.3, -0.25) is 4.79 Å². The Morgan fingerprint density at radius 1 is 1.23 bits per heavy atom. The number of pyridine rings is 1. The molecule has 6 heteroatoms. The van der Waals surface area contributed by atoms with E-state index in [1.807, 2.05) is 36.2 Å². The molecule has 1 fully saturated rings. The SMILES string of the molecule is Cc1cc2cccnc2n1Cc1ccc(/C=C/CO[C@H](C)C(=O)N2CCOCC2)cc1. The van der Waals surface area contributed by atoms with E-state index in [9.17, 15) is 4.79 Å². The van der Waals surface area contributed by atoms with Crippen molar-refractivity contribution in [2.75, 3.05) is 32.9 Å². The van der Waals surface area contributed by atoms with Gasteiger partial charge in [0, 0.05) is 36.9 Å². The van der Waals surface area contributed by atoms with Crippen molar-refractivity contribution < 1.29 is 14.3 Å². The molecule has 3 aromatic rings. The lowest BCUT2D eigenvalue weighted by atomic mass is 10.1. The van der Waals surface area contributed by atoms with E-state index in [4.69, 9.17) is 9.47 Å². The largest absolute Gasteiger partial charge is 0.378 e. The zero-order valence-corrected chi connectivity index (χ0v) is 18.2. The molecule has 0 bridgehead atoms. The zero-order valence-electron chi connectivity index (χ0n) is 18.2. The Kier molecular flexibility index (Phi) is 6.79. The molecular formula is C25H29N3O3. The summed E-state index contributed by atoms with van der Waals surface area (Å²) in [6.45, 7) is 7.61. The van der Waals surface area contributed by atoms with E-state index in [2.05, 4.69) is 52.9 Å². The Hall–Kier alpha value is -2.96. The highest BCUT2D eigenvalue weighted by molar-refractivity contribution is 5.80. The number of rotatable bonds is 7. The summed E-state index contributed by atoms with van der Waals surface area (Å²) in [5.41, 5.74) is 4.55. The number of carbonyl (C=O) groups excluding carboxylic acids is 1. The van der Waals surface area contributed by atoms with E-state index in [-0.39, 0.29) is 5.91 Å². The predicted octanol–water partition coefficient (Wildman–Crippen LogP) is 3.67. The van der Waals surface area contributed by atoms with Crippen LogP contribution >= 0.6 is 0 Å². The second kappa shape index (κ2) is 9.90. The molecule has 1 aromatic carbocycles.